The molecule has 3 nitrogen and oxygen atoms in total. The molecule has 21 heavy (non-hydrogen) atoms. The summed E-state index contributed by atoms with van der Waals surface area (Å²) in [5, 5.41) is 3.58. The first-order valence-electron chi connectivity index (χ1n) is 9.07. The van der Waals surface area contributed by atoms with E-state index in [-0.39, 0.29) is 0 Å². The summed E-state index contributed by atoms with van der Waals surface area (Å²) < 4.78 is 0. The summed E-state index contributed by atoms with van der Waals surface area (Å²) in [4.78, 5) is 5.15. The van der Waals surface area contributed by atoms with Gasteiger partial charge in [0.15, 0.2) is 0 Å². The Kier molecular flexibility index (Phi) is 6.51. The lowest BCUT2D eigenvalue weighted by molar-refractivity contribution is 0.123. The van der Waals surface area contributed by atoms with Crippen LogP contribution in [-0.4, -0.2) is 62.7 Å². The number of nitrogens with zero attached hydrogens (tertiary/aromatic N) is 2. The Balaban J connectivity index is 1.85. The van der Waals surface area contributed by atoms with Crippen LogP contribution in [0.2, 0.25) is 0 Å². The fourth-order valence-electron chi connectivity index (χ4n) is 4.53. The second kappa shape index (κ2) is 7.94. The van der Waals surface area contributed by atoms with Crippen molar-refractivity contribution in [1.82, 2.24) is 15.1 Å². The van der Waals surface area contributed by atoms with Crippen molar-refractivity contribution in [2.24, 2.45) is 17.8 Å². The Morgan fingerprint density at radius 1 is 1.19 bits per heavy atom. The molecule has 2 rings (SSSR count). The van der Waals surface area contributed by atoms with Gasteiger partial charge in [-0.1, -0.05) is 13.8 Å². The molecule has 2 fully saturated rings. The zero-order chi connectivity index (χ0) is 15.4. The second-order valence-corrected chi connectivity index (χ2v) is 7.97. The number of hydrogen-bond acceptors (Lipinski definition) is 3. The first kappa shape index (κ1) is 17.2. The van der Waals surface area contributed by atoms with Crippen LogP contribution in [0.5, 0.6) is 0 Å². The van der Waals surface area contributed by atoms with Crippen LogP contribution >= 0.6 is 0 Å². The molecule has 4 atom stereocenters. The molecule has 0 spiro atoms. The zero-order valence-electron chi connectivity index (χ0n) is 14.9. The van der Waals surface area contributed by atoms with Gasteiger partial charge >= 0.3 is 0 Å². The predicted octanol–water partition coefficient (Wildman–Crippen LogP) is 2.67. The molecule has 3 heteroatoms. The molecule has 1 aliphatic carbocycles. The molecule has 0 aromatic carbocycles. The van der Waals surface area contributed by atoms with Crippen molar-refractivity contribution in [2.75, 3.05) is 40.8 Å². The molecule has 1 aliphatic heterocycles. The van der Waals surface area contributed by atoms with E-state index < -0.39 is 0 Å². The van der Waals surface area contributed by atoms with Gasteiger partial charge in [0.2, 0.25) is 0 Å². The van der Waals surface area contributed by atoms with Crippen LogP contribution in [0.1, 0.15) is 46.0 Å². The first-order valence-corrected chi connectivity index (χ1v) is 9.07. The third-order valence-electron chi connectivity index (χ3n) is 6.08. The van der Waals surface area contributed by atoms with Crippen molar-refractivity contribution in [3.63, 3.8) is 0 Å². The summed E-state index contributed by atoms with van der Waals surface area (Å²) in [5.74, 6) is 2.60. The highest BCUT2D eigenvalue weighted by Crippen LogP contribution is 2.34. The summed E-state index contributed by atoms with van der Waals surface area (Å²) in [5.41, 5.74) is 0. The van der Waals surface area contributed by atoms with Crippen molar-refractivity contribution in [1.29, 1.82) is 0 Å². The number of likely N-dealkylation sites (tertiary alicyclic amines) is 1. The summed E-state index contributed by atoms with van der Waals surface area (Å²) in [6.45, 7) is 8.60. The normalized spacial score (nSPS) is 35.0. The van der Waals surface area contributed by atoms with Gasteiger partial charge in [-0.3, -0.25) is 0 Å². The minimum Gasteiger partial charge on any atom is -0.317 e. The minimum atomic E-state index is 0.726. The quantitative estimate of drug-likeness (QED) is 0.813. The molecule has 0 radical (unpaired) electrons. The number of likely N-dealkylation sites (N-methyl/N-ethyl adjacent to an activating group) is 2. The Morgan fingerprint density at radius 2 is 1.95 bits per heavy atom. The van der Waals surface area contributed by atoms with Crippen molar-refractivity contribution >= 4 is 0 Å². The molecule has 0 bridgehead atoms. The van der Waals surface area contributed by atoms with Gasteiger partial charge in [0, 0.05) is 25.2 Å². The summed E-state index contributed by atoms with van der Waals surface area (Å²) in [6.07, 6.45) is 6.95. The van der Waals surface area contributed by atoms with Gasteiger partial charge in [-0.05, 0) is 77.5 Å². The maximum atomic E-state index is 3.58. The Labute approximate surface area is 132 Å². The Hall–Kier alpha value is -0.120. The van der Waals surface area contributed by atoms with E-state index >= 15 is 0 Å². The van der Waals surface area contributed by atoms with Crippen molar-refractivity contribution in [2.45, 2.75) is 58.0 Å². The fraction of sp³-hybridized carbons (Fsp3) is 1.00. The van der Waals surface area contributed by atoms with Crippen LogP contribution in [0.25, 0.3) is 0 Å². The molecular formula is C18H37N3. The summed E-state index contributed by atoms with van der Waals surface area (Å²) in [6, 6.07) is 1.51. The maximum absolute atomic E-state index is 3.58. The van der Waals surface area contributed by atoms with E-state index in [9.17, 15) is 0 Å². The third kappa shape index (κ3) is 4.67. The van der Waals surface area contributed by atoms with E-state index in [1.165, 1.54) is 51.7 Å². The van der Waals surface area contributed by atoms with Crippen molar-refractivity contribution in [3.8, 4) is 0 Å². The summed E-state index contributed by atoms with van der Waals surface area (Å²) >= 11 is 0. The SMILES string of the molecule is CNC1CCC(C(C)C)CC1CN(C)CC1CCCN1C. The van der Waals surface area contributed by atoms with Crippen LogP contribution in [0, 0.1) is 17.8 Å². The van der Waals surface area contributed by atoms with Gasteiger partial charge < -0.3 is 15.1 Å². The van der Waals surface area contributed by atoms with Crippen LogP contribution < -0.4 is 5.32 Å². The largest absolute Gasteiger partial charge is 0.317 e. The molecule has 0 aromatic heterocycles. The Bertz CT molecular complexity index is 305. The molecular weight excluding hydrogens is 258 g/mol. The number of rotatable bonds is 6. The maximum Gasteiger partial charge on any atom is 0.0220 e. The highest BCUT2D eigenvalue weighted by Gasteiger charge is 2.32. The van der Waals surface area contributed by atoms with Gasteiger partial charge in [-0.25, -0.2) is 0 Å². The average Bonchev–Trinajstić information content (AvgIpc) is 2.84. The Morgan fingerprint density at radius 3 is 2.52 bits per heavy atom. The van der Waals surface area contributed by atoms with Gasteiger partial charge in [-0.15, -0.1) is 0 Å². The first-order chi connectivity index (χ1) is 10.0. The van der Waals surface area contributed by atoms with Gasteiger partial charge in [0.1, 0.15) is 0 Å². The molecule has 0 aromatic rings. The lowest BCUT2D eigenvalue weighted by atomic mass is 9.73. The minimum absolute atomic E-state index is 0.726. The predicted molar refractivity (Wildman–Crippen MR) is 91.7 cm³/mol. The monoisotopic (exact) mass is 295 g/mol. The number of nitrogens with one attached hydrogen (secondary N) is 1. The molecule has 4 unspecified atom stereocenters. The van der Waals surface area contributed by atoms with Gasteiger partial charge in [0.25, 0.3) is 0 Å². The van der Waals surface area contributed by atoms with E-state index in [4.69, 9.17) is 0 Å². The second-order valence-electron chi connectivity index (χ2n) is 7.97. The van der Waals surface area contributed by atoms with Crippen molar-refractivity contribution < 1.29 is 0 Å². The molecule has 1 saturated carbocycles. The molecule has 1 heterocycles. The molecule has 0 amide bonds. The van der Waals surface area contributed by atoms with E-state index in [1.54, 1.807) is 0 Å². The van der Waals surface area contributed by atoms with Gasteiger partial charge in [0.05, 0.1) is 0 Å². The lowest BCUT2D eigenvalue weighted by Gasteiger charge is -2.40. The molecule has 1 saturated heterocycles. The highest BCUT2D eigenvalue weighted by molar-refractivity contribution is 4.87. The van der Waals surface area contributed by atoms with Crippen LogP contribution in [-0.2, 0) is 0 Å². The molecule has 124 valence electrons. The highest BCUT2D eigenvalue weighted by atomic mass is 15.2. The summed E-state index contributed by atoms with van der Waals surface area (Å²) in [7, 11) is 6.77. The fourth-order valence-corrected chi connectivity index (χ4v) is 4.53. The zero-order valence-corrected chi connectivity index (χ0v) is 14.9. The van der Waals surface area contributed by atoms with E-state index in [0.717, 1.165) is 29.8 Å². The van der Waals surface area contributed by atoms with Crippen LogP contribution in [0.4, 0.5) is 0 Å². The molecule has 2 aliphatic rings. The topological polar surface area (TPSA) is 18.5 Å². The van der Waals surface area contributed by atoms with E-state index in [1.807, 2.05) is 0 Å². The van der Waals surface area contributed by atoms with Crippen molar-refractivity contribution in [3.05, 3.63) is 0 Å². The van der Waals surface area contributed by atoms with Gasteiger partial charge in [-0.2, -0.15) is 0 Å². The smallest absolute Gasteiger partial charge is 0.0220 e. The average molecular weight is 296 g/mol. The van der Waals surface area contributed by atoms with Crippen LogP contribution in [0.3, 0.4) is 0 Å². The van der Waals surface area contributed by atoms with Crippen LogP contribution in [0.15, 0.2) is 0 Å². The third-order valence-corrected chi connectivity index (χ3v) is 6.08. The van der Waals surface area contributed by atoms with E-state index in [0.29, 0.717) is 0 Å². The van der Waals surface area contributed by atoms with E-state index in [2.05, 4.69) is 50.1 Å². The molecule has 1 N–H and O–H groups in total. The lowest BCUT2D eigenvalue weighted by Crippen LogP contribution is -2.46. The standard InChI is InChI=1S/C18H37N3/c1-14(2)15-8-9-18(19-3)16(11-15)12-20(4)13-17-7-6-10-21(17)5/h14-19H,6-13H2,1-5H3. The number of hydrogen-bond donors (Lipinski definition) is 1.